The lowest BCUT2D eigenvalue weighted by molar-refractivity contribution is -0.127. The number of amides is 2. The minimum absolute atomic E-state index is 0.0779. The second-order valence-corrected chi connectivity index (χ2v) is 8.20. The molecule has 1 saturated carbocycles. The molecule has 1 aliphatic rings. The molecular formula is C22H22N4O3S. The molecule has 4 rings (SSSR count). The first-order valence-corrected chi connectivity index (χ1v) is 10.5. The highest BCUT2D eigenvalue weighted by Crippen LogP contribution is 2.47. The fourth-order valence-corrected chi connectivity index (χ4v) is 4.03. The van der Waals surface area contributed by atoms with Gasteiger partial charge in [-0.1, -0.05) is 41.7 Å². The molecule has 1 heterocycles. The second-order valence-electron chi connectivity index (χ2n) is 7.22. The van der Waals surface area contributed by atoms with Gasteiger partial charge in [-0.25, -0.2) is 0 Å². The van der Waals surface area contributed by atoms with Gasteiger partial charge in [0.25, 0.3) is 0 Å². The molecule has 0 radical (unpaired) electrons. The van der Waals surface area contributed by atoms with E-state index in [1.165, 1.54) is 11.3 Å². The number of ether oxygens (including phenoxy) is 1. The van der Waals surface area contributed by atoms with E-state index in [2.05, 4.69) is 20.8 Å². The third-order valence-electron chi connectivity index (χ3n) is 5.10. The van der Waals surface area contributed by atoms with E-state index in [4.69, 9.17) is 4.74 Å². The molecule has 2 amide bonds. The number of aromatic nitrogens is 2. The number of anilines is 1. The van der Waals surface area contributed by atoms with Crippen LogP contribution >= 0.6 is 11.3 Å². The van der Waals surface area contributed by atoms with Crippen molar-refractivity contribution in [3.05, 3.63) is 60.2 Å². The van der Waals surface area contributed by atoms with Gasteiger partial charge in [-0.3, -0.25) is 14.9 Å². The fourth-order valence-electron chi connectivity index (χ4n) is 3.28. The summed E-state index contributed by atoms with van der Waals surface area (Å²) < 4.78 is 5.15. The molecule has 0 spiro atoms. The molecule has 3 aromatic rings. The molecule has 8 heteroatoms. The van der Waals surface area contributed by atoms with Crippen molar-refractivity contribution >= 4 is 28.3 Å². The average Bonchev–Trinajstić information content (AvgIpc) is 3.46. The van der Waals surface area contributed by atoms with Gasteiger partial charge >= 0.3 is 0 Å². The molecule has 2 aromatic carbocycles. The van der Waals surface area contributed by atoms with Gasteiger partial charge in [-0.2, -0.15) is 0 Å². The van der Waals surface area contributed by atoms with E-state index in [1.807, 2.05) is 54.6 Å². The molecule has 0 aliphatic heterocycles. The summed E-state index contributed by atoms with van der Waals surface area (Å²) in [4.78, 5) is 24.9. The Balaban J connectivity index is 1.30. The lowest BCUT2D eigenvalue weighted by atomic mass is 10.1. The van der Waals surface area contributed by atoms with Crippen molar-refractivity contribution in [2.45, 2.75) is 25.3 Å². The van der Waals surface area contributed by atoms with Crippen molar-refractivity contribution in [1.82, 2.24) is 15.5 Å². The maximum Gasteiger partial charge on any atom is 0.248 e. The monoisotopic (exact) mass is 422 g/mol. The molecule has 154 valence electrons. The third-order valence-corrected chi connectivity index (χ3v) is 5.99. The third kappa shape index (κ3) is 4.49. The maximum atomic E-state index is 12.5. The number of carbonyl (C=O) groups excluding carboxylic acids is 2. The highest BCUT2D eigenvalue weighted by Gasteiger charge is 2.44. The zero-order valence-corrected chi connectivity index (χ0v) is 17.5. The number of hydrogen-bond donors (Lipinski definition) is 2. The molecule has 7 nitrogen and oxygen atoms in total. The van der Waals surface area contributed by atoms with Crippen LogP contribution in [-0.2, 0) is 9.59 Å². The van der Waals surface area contributed by atoms with Gasteiger partial charge in [0.1, 0.15) is 16.8 Å². The van der Waals surface area contributed by atoms with Crippen LogP contribution in [0.2, 0.25) is 0 Å². The Morgan fingerprint density at radius 3 is 2.53 bits per heavy atom. The van der Waals surface area contributed by atoms with E-state index in [9.17, 15) is 9.59 Å². The number of hydrogen-bond acceptors (Lipinski definition) is 6. The van der Waals surface area contributed by atoms with Crippen molar-refractivity contribution in [3.63, 3.8) is 0 Å². The van der Waals surface area contributed by atoms with Crippen LogP contribution in [0.4, 0.5) is 5.13 Å². The molecule has 30 heavy (non-hydrogen) atoms. The highest BCUT2D eigenvalue weighted by molar-refractivity contribution is 7.18. The summed E-state index contributed by atoms with van der Waals surface area (Å²) in [6.45, 7) is 1.67. The number of nitrogens with one attached hydrogen (secondary N) is 2. The van der Waals surface area contributed by atoms with Crippen molar-refractivity contribution in [2.75, 3.05) is 12.4 Å². The summed E-state index contributed by atoms with van der Waals surface area (Å²) in [6, 6.07) is 16.7. The Morgan fingerprint density at radius 2 is 1.83 bits per heavy atom. The Hall–Kier alpha value is -3.26. The summed E-state index contributed by atoms with van der Waals surface area (Å²) in [5.41, 5.74) is 2.05. The van der Waals surface area contributed by atoms with Crippen molar-refractivity contribution in [2.24, 2.45) is 5.92 Å². The van der Waals surface area contributed by atoms with E-state index in [-0.39, 0.29) is 23.7 Å². The number of rotatable bonds is 7. The van der Waals surface area contributed by atoms with Gasteiger partial charge in [0.2, 0.25) is 16.9 Å². The summed E-state index contributed by atoms with van der Waals surface area (Å²) in [5, 5.41) is 14.8. The van der Waals surface area contributed by atoms with Crippen molar-refractivity contribution < 1.29 is 14.3 Å². The van der Waals surface area contributed by atoms with E-state index >= 15 is 0 Å². The summed E-state index contributed by atoms with van der Waals surface area (Å²) in [7, 11) is 1.61. The zero-order valence-electron chi connectivity index (χ0n) is 16.7. The smallest absolute Gasteiger partial charge is 0.248 e. The first-order valence-electron chi connectivity index (χ1n) is 9.69. The Labute approximate surface area is 178 Å². The number of benzene rings is 2. The normalized spacial score (nSPS) is 18.3. The van der Waals surface area contributed by atoms with Crippen LogP contribution < -0.4 is 15.4 Å². The number of nitrogens with zero attached hydrogens (tertiary/aromatic N) is 2. The van der Waals surface area contributed by atoms with Gasteiger partial charge in [-0.15, -0.1) is 10.2 Å². The van der Waals surface area contributed by atoms with E-state index in [1.54, 1.807) is 14.0 Å². The first-order chi connectivity index (χ1) is 14.5. The lowest BCUT2D eigenvalue weighted by Crippen LogP contribution is -2.42. The average molecular weight is 423 g/mol. The van der Waals surface area contributed by atoms with Crippen LogP contribution in [0.25, 0.3) is 10.6 Å². The number of carbonyl (C=O) groups is 2. The predicted molar refractivity (Wildman–Crippen MR) is 115 cm³/mol. The Kier molecular flexibility index (Phi) is 5.76. The topological polar surface area (TPSA) is 93.2 Å². The SMILES string of the molecule is COc1ccc(-c2nnc(NC(=O)C(C)NC(=O)C3CC3c3ccccc3)s2)cc1. The zero-order chi connectivity index (χ0) is 21.1. The molecule has 3 unspecified atom stereocenters. The van der Waals surface area contributed by atoms with Gasteiger partial charge in [0, 0.05) is 11.5 Å². The molecule has 0 bridgehead atoms. The lowest BCUT2D eigenvalue weighted by Gasteiger charge is -2.12. The second kappa shape index (κ2) is 8.62. The van der Waals surface area contributed by atoms with Crippen LogP contribution in [0, 0.1) is 5.92 Å². The Bertz CT molecular complexity index is 1040. The minimum atomic E-state index is -0.664. The maximum absolute atomic E-state index is 12.5. The predicted octanol–water partition coefficient (Wildman–Crippen LogP) is 3.46. The number of methoxy groups -OCH3 is 1. The molecule has 1 aliphatic carbocycles. The summed E-state index contributed by atoms with van der Waals surface area (Å²) in [6.07, 6.45) is 0.811. The molecule has 1 aromatic heterocycles. The van der Waals surface area contributed by atoms with Crippen molar-refractivity contribution in [3.8, 4) is 16.3 Å². The van der Waals surface area contributed by atoms with Crippen LogP contribution in [0.3, 0.4) is 0 Å². The van der Waals surface area contributed by atoms with Crippen LogP contribution in [0.1, 0.15) is 24.8 Å². The molecule has 1 fully saturated rings. The van der Waals surface area contributed by atoms with Gasteiger partial charge < -0.3 is 10.1 Å². The van der Waals surface area contributed by atoms with E-state index in [0.29, 0.717) is 10.1 Å². The van der Waals surface area contributed by atoms with Gasteiger partial charge in [0.15, 0.2) is 0 Å². The minimum Gasteiger partial charge on any atom is -0.497 e. The summed E-state index contributed by atoms with van der Waals surface area (Å²) >= 11 is 1.27. The highest BCUT2D eigenvalue weighted by atomic mass is 32.1. The summed E-state index contributed by atoms with van der Waals surface area (Å²) in [5.74, 6) is 0.495. The van der Waals surface area contributed by atoms with Crippen LogP contribution in [0.15, 0.2) is 54.6 Å². The quantitative estimate of drug-likeness (QED) is 0.608. The Morgan fingerprint density at radius 1 is 1.10 bits per heavy atom. The van der Waals surface area contributed by atoms with Gasteiger partial charge in [-0.05, 0) is 49.1 Å². The molecule has 3 atom stereocenters. The largest absolute Gasteiger partial charge is 0.497 e. The molecular weight excluding hydrogens is 400 g/mol. The van der Waals surface area contributed by atoms with Crippen molar-refractivity contribution in [1.29, 1.82) is 0 Å². The van der Waals surface area contributed by atoms with E-state index < -0.39 is 6.04 Å². The fraction of sp³-hybridized carbons (Fsp3) is 0.273. The van der Waals surface area contributed by atoms with Crippen LogP contribution in [0.5, 0.6) is 5.75 Å². The standard InChI is InChI=1S/C22H22N4O3S/c1-13(23-20(28)18-12-17(18)14-6-4-3-5-7-14)19(27)24-22-26-25-21(30-22)15-8-10-16(29-2)11-9-15/h3-11,13,17-18H,12H2,1-2H3,(H,23,28)(H,24,26,27). The molecule has 0 saturated heterocycles. The first kappa shape index (κ1) is 20.0. The van der Waals surface area contributed by atoms with Gasteiger partial charge in [0.05, 0.1) is 7.11 Å². The van der Waals surface area contributed by atoms with Crippen LogP contribution in [-0.4, -0.2) is 35.2 Å². The van der Waals surface area contributed by atoms with E-state index in [0.717, 1.165) is 23.3 Å². The molecule has 2 N–H and O–H groups in total.